The maximum Gasteiger partial charge on any atom is 0.330 e. The first kappa shape index (κ1) is 11.3. The van der Waals surface area contributed by atoms with Gasteiger partial charge >= 0.3 is 6.03 Å². The summed E-state index contributed by atoms with van der Waals surface area (Å²) in [5, 5.41) is 1.80. The van der Waals surface area contributed by atoms with Gasteiger partial charge in [0, 0.05) is 12.6 Å². The van der Waals surface area contributed by atoms with E-state index in [1.54, 1.807) is 11.4 Å². The van der Waals surface area contributed by atoms with Gasteiger partial charge in [0.05, 0.1) is 0 Å². The molecule has 1 atom stereocenters. The van der Waals surface area contributed by atoms with Crippen molar-refractivity contribution in [3.05, 3.63) is 35.9 Å². The highest BCUT2D eigenvalue weighted by Gasteiger charge is 2.55. The Kier molecular flexibility index (Phi) is 2.42. The Labute approximate surface area is 96.2 Å². The molecule has 1 aromatic rings. The van der Waals surface area contributed by atoms with Gasteiger partial charge in [0.15, 0.2) is 0 Å². The summed E-state index contributed by atoms with van der Waals surface area (Å²) in [5.74, 6) is -2.44. The third-order valence-electron chi connectivity index (χ3n) is 2.61. The molecule has 1 fully saturated rings. The zero-order chi connectivity index (χ0) is 12.6. The van der Waals surface area contributed by atoms with Crippen molar-refractivity contribution in [1.29, 1.82) is 0 Å². The van der Waals surface area contributed by atoms with Gasteiger partial charge in [0.25, 0.3) is 17.5 Å². The van der Waals surface area contributed by atoms with Crippen molar-refractivity contribution in [2.24, 2.45) is 0 Å². The molecule has 0 spiro atoms. The Hall–Kier alpha value is -2.24. The SMILES string of the molecule is CN1C(=O)NC(=O)C(F)(c2ccccc2)C1=O. The van der Waals surface area contributed by atoms with Crippen molar-refractivity contribution in [1.82, 2.24) is 10.2 Å². The lowest BCUT2D eigenvalue weighted by molar-refractivity contribution is -0.153. The zero-order valence-electron chi connectivity index (χ0n) is 8.94. The number of imide groups is 2. The molecule has 0 aromatic heterocycles. The number of rotatable bonds is 1. The topological polar surface area (TPSA) is 66.5 Å². The highest BCUT2D eigenvalue weighted by atomic mass is 19.1. The molecule has 1 aliphatic heterocycles. The van der Waals surface area contributed by atoms with Crippen LogP contribution in [-0.2, 0) is 15.3 Å². The highest BCUT2D eigenvalue weighted by Crippen LogP contribution is 2.30. The summed E-state index contributed by atoms with van der Waals surface area (Å²) in [6.07, 6.45) is 0. The number of nitrogens with zero attached hydrogens (tertiary/aromatic N) is 1. The number of carbonyl (C=O) groups excluding carboxylic acids is 3. The second kappa shape index (κ2) is 3.65. The number of benzene rings is 1. The first-order valence-electron chi connectivity index (χ1n) is 4.86. The predicted octanol–water partition coefficient (Wildman–Crippen LogP) is 0.560. The lowest BCUT2D eigenvalue weighted by Crippen LogP contribution is -2.63. The second-order valence-electron chi connectivity index (χ2n) is 3.65. The van der Waals surface area contributed by atoms with Crippen LogP contribution in [0.3, 0.4) is 0 Å². The number of hydrogen-bond donors (Lipinski definition) is 1. The number of alkyl halides is 1. The van der Waals surface area contributed by atoms with E-state index in [9.17, 15) is 18.8 Å². The molecular formula is C11H9FN2O3. The van der Waals surface area contributed by atoms with Gasteiger partial charge in [-0.2, -0.15) is 0 Å². The summed E-state index contributed by atoms with van der Waals surface area (Å²) < 4.78 is 14.6. The van der Waals surface area contributed by atoms with Gasteiger partial charge in [-0.05, 0) is 0 Å². The average Bonchev–Trinajstić information content (AvgIpc) is 2.35. The minimum absolute atomic E-state index is 0.0955. The molecule has 0 radical (unpaired) electrons. The summed E-state index contributed by atoms with van der Waals surface area (Å²) in [4.78, 5) is 35.0. The molecule has 88 valence electrons. The Bertz CT molecular complexity index is 503. The number of carbonyl (C=O) groups is 3. The van der Waals surface area contributed by atoms with Gasteiger partial charge in [0.2, 0.25) is 0 Å². The molecule has 0 aliphatic carbocycles. The number of likely N-dealkylation sites (N-methyl/N-ethyl adjacent to an activating group) is 1. The summed E-state index contributed by atoms with van der Waals surface area (Å²) in [6, 6.07) is 6.36. The van der Waals surface area contributed by atoms with Gasteiger partial charge in [-0.3, -0.25) is 19.8 Å². The van der Waals surface area contributed by atoms with Crippen LogP contribution >= 0.6 is 0 Å². The Morgan fingerprint density at radius 3 is 2.35 bits per heavy atom. The lowest BCUT2D eigenvalue weighted by atomic mass is 9.92. The lowest BCUT2D eigenvalue weighted by Gasteiger charge is -2.32. The normalized spacial score (nSPS) is 24.8. The quantitative estimate of drug-likeness (QED) is 0.724. The molecule has 4 amide bonds. The molecule has 1 N–H and O–H groups in total. The summed E-state index contributed by atoms with van der Waals surface area (Å²) in [5.41, 5.74) is -2.94. The molecule has 5 nitrogen and oxygen atoms in total. The Morgan fingerprint density at radius 1 is 1.18 bits per heavy atom. The Morgan fingerprint density at radius 2 is 1.76 bits per heavy atom. The maximum atomic E-state index is 14.6. The fraction of sp³-hybridized carbons (Fsp3) is 0.182. The summed E-state index contributed by atoms with van der Waals surface area (Å²) in [6.45, 7) is 0. The molecule has 1 heterocycles. The van der Waals surface area contributed by atoms with Crippen LogP contribution in [0, 0.1) is 0 Å². The van der Waals surface area contributed by atoms with E-state index in [0.29, 0.717) is 4.90 Å². The number of urea groups is 1. The van der Waals surface area contributed by atoms with Gasteiger partial charge in [0.1, 0.15) is 0 Å². The van der Waals surface area contributed by atoms with E-state index in [4.69, 9.17) is 0 Å². The van der Waals surface area contributed by atoms with Gasteiger partial charge in [-0.1, -0.05) is 30.3 Å². The van der Waals surface area contributed by atoms with Gasteiger partial charge in [-0.15, -0.1) is 0 Å². The van der Waals surface area contributed by atoms with Crippen LogP contribution in [0.25, 0.3) is 0 Å². The number of hydrogen-bond acceptors (Lipinski definition) is 3. The van der Waals surface area contributed by atoms with Crippen LogP contribution in [-0.4, -0.2) is 29.8 Å². The second-order valence-corrected chi connectivity index (χ2v) is 3.65. The van der Waals surface area contributed by atoms with Crippen LogP contribution in [0.15, 0.2) is 30.3 Å². The van der Waals surface area contributed by atoms with Crippen LogP contribution in [0.4, 0.5) is 9.18 Å². The molecule has 17 heavy (non-hydrogen) atoms. The van der Waals surface area contributed by atoms with Gasteiger partial charge < -0.3 is 0 Å². The van der Waals surface area contributed by atoms with Crippen LogP contribution < -0.4 is 5.32 Å². The third-order valence-corrected chi connectivity index (χ3v) is 2.61. The third kappa shape index (κ3) is 1.49. The van der Waals surface area contributed by atoms with Crippen molar-refractivity contribution < 1.29 is 18.8 Å². The van der Waals surface area contributed by atoms with Crippen molar-refractivity contribution in [2.45, 2.75) is 5.67 Å². The first-order valence-corrected chi connectivity index (χ1v) is 4.86. The van der Waals surface area contributed by atoms with E-state index < -0.39 is 23.5 Å². The molecule has 2 rings (SSSR count). The van der Waals surface area contributed by atoms with E-state index in [0.717, 1.165) is 7.05 Å². The summed E-state index contributed by atoms with van der Waals surface area (Å²) in [7, 11) is 1.11. The molecule has 6 heteroatoms. The first-order chi connectivity index (χ1) is 7.98. The standard InChI is InChI=1S/C11H9FN2O3/c1-14-9(16)11(12,8(15)13-10(14)17)7-5-3-2-4-6-7/h2-6H,1H3,(H,13,15,17). The minimum atomic E-state index is -2.84. The average molecular weight is 236 g/mol. The fourth-order valence-corrected chi connectivity index (χ4v) is 1.61. The monoisotopic (exact) mass is 236 g/mol. The summed E-state index contributed by atoms with van der Waals surface area (Å²) >= 11 is 0. The molecule has 1 unspecified atom stereocenters. The van der Waals surface area contributed by atoms with E-state index >= 15 is 0 Å². The van der Waals surface area contributed by atoms with Crippen molar-refractivity contribution in [3.63, 3.8) is 0 Å². The highest BCUT2D eigenvalue weighted by molar-refractivity contribution is 6.21. The van der Waals surface area contributed by atoms with Crippen LogP contribution in [0.2, 0.25) is 0 Å². The van der Waals surface area contributed by atoms with Crippen LogP contribution in [0.5, 0.6) is 0 Å². The largest absolute Gasteiger partial charge is 0.330 e. The molecule has 1 aliphatic rings. The fourth-order valence-electron chi connectivity index (χ4n) is 1.61. The number of amides is 4. The molecule has 1 saturated heterocycles. The van der Waals surface area contributed by atoms with E-state index in [-0.39, 0.29) is 5.56 Å². The molecule has 0 bridgehead atoms. The predicted molar refractivity (Wildman–Crippen MR) is 55.5 cm³/mol. The van der Waals surface area contributed by atoms with Crippen molar-refractivity contribution in [3.8, 4) is 0 Å². The van der Waals surface area contributed by atoms with Crippen LogP contribution in [0.1, 0.15) is 5.56 Å². The molecular weight excluding hydrogens is 227 g/mol. The minimum Gasteiger partial charge on any atom is -0.274 e. The maximum absolute atomic E-state index is 14.6. The smallest absolute Gasteiger partial charge is 0.274 e. The number of nitrogens with one attached hydrogen (secondary N) is 1. The van der Waals surface area contributed by atoms with Crippen molar-refractivity contribution in [2.75, 3.05) is 7.05 Å². The zero-order valence-corrected chi connectivity index (χ0v) is 8.94. The number of barbiturate groups is 1. The Balaban J connectivity index is 2.52. The molecule has 0 saturated carbocycles. The van der Waals surface area contributed by atoms with E-state index in [1.165, 1.54) is 24.3 Å². The van der Waals surface area contributed by atoms with Crippen molar-refractivity contribution >= 4 is 17.8 Å². The molecule has 1 aromatic carbocycles. The van der Waals surface area contributed by atoms with E-state index in [2.05, 4.69) is 0 Å². The van der Waals surface area contributed by atoms with Gasteiger partial charge in [-0.25, -0.2) is 9.18 Å². The number of halogens is 1. The van der Waals surface area contributed by atoms with E-state index in [1.807, 2.05) is 0 Å².